The van der Waals surface area contributed by atoms with Gasteiger partial charge in [0.15, 0.2) is 11.5 Å². The second-order valence-corrected chi connectivity index (χ2v) is 4.88. The SMILES string of the molecule is CNCc1nnc2cc3c(nn12)CC[C@@H](C)C3. The van der Waals surface area contributed by atoms with E-state index in [-0.39, 0.29) is 0 Å². The quantitative estimate of drug-likeness (QED) is 0.836. The Bertz CT molecular complexity index is 545. The van der Waals surface area contributed by atoms with Crippen LogP contribution < -0.4 is 5.32 Å². The summed E-state index contributed by atoms with van der Waals surface area (Å²) in [6.07, 6.45) is 3.42. The van der Waals surface area contributed by atoms with Crippen molar-refractivity contribution in [2.45, 2.75) is 32.7 Å². The largest absolute Gasteiger partial charge is 0.313 e. The lowest BCUT2D eigenvalue weighted by Gasteiger charge is -2.20. The molecule has 0 unspecified atom stereocenters. The summed E-state index contributed by atoms with van der Waals surface area (Å²) < 4.78 is 1.87. The van der Waals surface area contributed by atoms with E-state index in [2.05, 4.69) is 33.6 Å². The number of fused-ring (bicyclic) bond motifs is 2. The summed E-state index contributed by atoms with van der Waals surface area (Å²) in [5, 5.41) is 16.1. The van der Waals surface area contributed by atoms with E-state index >= 15 is 0 Å². The molecule has 17 heavy (non-hydrogen) atoms. The van der Waals surface area contributed by atoms with Crippen LogP contribution in [-0.2, 0) is 19.4 Å². The molecule has 1 aliphatic carbocycles. The van der Waals surface area contributed by atoms with Gasteiger partial charge in [-0.25, -0.2) is 0 Å². The molecular formula is C12H17N5. The van der Waals surface area contributed by atoms with Gasteiger partial charge in [0.25, 0.3) is 0 Å². The third kappa shape index (κ3) is 1.80. The number of aryl methyl sites for hydroxylation is 1. The monoisotopic (exact) mass is 231 g/mol. The highest BCUT2D eigenvalue weighted by Gasteiger charge is 2.18. The molecule has 0 aromatic carbocycles. The Labute approximate surface area is 100 Å². The number of nitrogens with zero attached hydrogens (tertiary/aromatic N) is 4. The van der Waals surface area contributed by atoms with Crippen LogP contribution in [0.4, 0.5) is 0 Å². The zero-order valence-corrected chi connectivity index (χ0v) is 10.3. The Balaban J connectivity index is 2.10. The summed E-state index contributed by atoms with van der Waals surface area (Å²) in [6.45, 7) is 2.99. The van der Waals surface area contributed by atoms with Gasteiger partial charge < -0.3 is 5.32 Å². The molecule has 0 bridgehead atoms. The Hall–Kier alpha value is -1.49. The van der Waals surface area contributed by atoms with Crippen LogP contribution >= 0.6 is 0 Å². The molecule has 90 valence electrons. The first-order valence-corrected chi connectivity index (χ1v) is 6.15. The number of hydrogen-bond acceptors (Lipinski definition) is 4. The summed E-state index contributed by atoms with van der Waals surface area (Å²) in [5.41, 5.74) is 3.43. The molecule has 0 amide bonds. The molecule has 1 atom stereocenters. The summed E-state index contributed by atoms with van der Waals surface area (Å²) in [5.74, 6) is 1.63. The van der Waals surface area contributed by atoms with Crippen molar-refractivity contribution in [3.05, 3.63) is 23.1 Å². The Morgan fingerprint density at radius 2 is 2.35 bits per heavy atom. The van der Waals surface area contributed by atoms with Crippen molar-refractivity contribution in [2.24, 2.45) is 5.92 Å². The third-order valence-corrected chi connectivity index (χ3v) is 3.40. The first-order chi connectivity index (χ1) is 8.28. The van der Waals surface area contributed by atoms with Crippen LogP contribution in [0.3, 0.4) is 0 Å². The Morgan fingerprint density at radius 3 is 3.18 bits per heavy atom. The summed E-state index contributed by atoms with van der Waals surface area (Å²) >= 11 is 0. The molecule has 1 N–H and O–H groups in total. The predicted octanol–water partition coefficient (Wildman–Crippen LogP) is 0.968. The zero-order valence-electron chi connectivity index (χ0n) is 10.3. The maximum atomic E-state index is 4.68. The first-order valence-electron chi connectivity index (χ1n) is 6.15. The highest BCUT2D eigenvalue weighted by molar-refractivity contribution is 5.42. The van der Waals surface area contributed by atoms with E-state index in [1.807, 2.05) is 11.6 Å². The molecule has 1 aliphatic rings. The fraction of sp³-hybridized carbons (Fsp3) is 0.583. The van der Waals surface area contributed by atoms with Gasteiger partial charge in [0.2, 0.25) is 0 Å². The molecule has 3 rings (SSSR count). The lowest BCUT2D eigenvalue weighted by molar-refractivity contribution is 0.488. The van der Waals surface area contributed by atoms with Crippen molar-refractivity contribution in [2.75, 3.05) is 7.05 Å². The van der Waals surface area contributed by atoms with Crippen molar-refractivity contribution in [1.82, 2.24) is 25.1 Å². The van der Waals surface area contributed by atoms with Crippen LogP contribution in [-0.4, -0.2) is 26.9 Å². The number of nitrogens with one attached hydrogen (secondary N) is 1. The zero-order chi connectivity index (χ0) is 11.8. The van der Waals surface area contributed by atoms with Crippen LogP contribution in [0.2, 0.25) is 0 Å². The summed E-state index contributed by atoms with van der Waals surface area (Å²) in [7, 11) is 1.90. The predicted molar refractivity (Wildman–Crippen MR) is 64.7 cm³/mol. The van der Waals surface area contributed by atoms with E-state index in [0.717, 1.165) is 30.2 Å². The lowest BCUT2D eigenvalue weighted by Crippen LogP contribution is -2.16. The Morgan fingerprint density at radius 1 is 1.47 bits per heavy atom. The fourth-order valence-electron chi connectivity index (χ4n) is 2.47. The average Bonchev–Trinajstić information content (AvgIpc) is 2.70. The first kappa shape index (κ1) is 10.7. The number of rotatable bonds is 2. The maximum absolute atomic E-state index is 4.68. The second kappa shape index (κ2) is 4.07. The van der Waals surface area contributed by atoms with Gasteiger partial charge in [-0.05, 0) is 43.9 Å². The van der Waals surface area contributed by atoms with Gasteiger partial charge in [-0.15, -0.1) is 10.2 Å². The van der Waals surface area contributed by atoms with Crippen LogP contribution in [0.1, 0.15) is 30.4 Å². The van der Waals surface area contributed by atoms with Gasteiger partial charge >= 0.3 is 0 Å². The minimum atomic E-state index is 0.698. The topological polar surface area (TPSA) is 55.1 Å². The number of hydrogen-bond donors (Lipinski definition) is 1. The molecule has 5 nitrogen and oxygen atoms in total. The molecule has 2 aromatic rings. The molecule has 0 radical (unpaired) electrons. The van der Waals surface area contributed by atoms with Gasteiger partial charge in [0.05, 0.1) is 12.2 Å². The second-order valence-electron chi connectivity index (χ2n) is 4.88. The summed E-state index contributed by atoms with van der Waals surface area (Å²) in [6, 6.07) is 2.14. The molecule has 2 aromatic heterocycles. The maximum Gasteiger partial charge on any atom is 0.178 e. The van der Waals surface area contributed by atoms with Crippen molar-refractivity contribution in [3.63, 3.8) is 0 Å². The van der Waals surface area contributed by atoms with Crippen molar-refractivity contribution in [1.29, 1.82) is 0 Å². The van der Waals surface area contributed by atoms with Crippen LogP contribution in [0.5, 0.6) is 0 Å². The lowest BCUT2D eigenvalue weighted by atomic mass is 9.88. The molecule has 0 saturated heterocycles. The van der Waals surface area contributed by atoms with Gasteiger partial charge in [-0.2, -0.15) is 9.61 Å². The van der Waals surface area contributed by atoms with Crippen molar-refractivity contribution < 1.29 is 0 Å². The molecule has 2 heterocycles. The van der Waals surface area contributed by atoms with E-state index in [4.69, 9.17) is 0 Å². The van der Waals surface area contributed by atoms with E-state index in [1.165, 1.54) is 17.7 Å². The van der Waals surface area contributed by atoms with E-state index < -0.39 is 0 Å². The van der Waals surface area contributed by atoms with Gasteiger partial charge in [-0.3, -0.25) is 0 Å². The van der Waals surface area contributed by atoms with Gasteiger partial charge in [0.1, 0.15) is 0 Å². The third-order valence-electron chi connectivity index (χ3n) is 3.40. The van der Waals surface area contributed by atoms with Crippen LogP contribution in [0.15, 0.2) is 6.07 Å². The standard InChI is InChI=1S/C12H17N5/c1-8-3-4-10-9(5-8)6-11-14-15-12(7-13-2)17(11)16-10/h6,8,13H,3-5,7H2,1-2H3/t8-/m1/s1. The Kier molecular flexibility index (Phi) is 2.55. The van der Waals surface area contributed by atoms with Gasteiger partial charge in [-0.1, -0.05) is 6.92 Å². The highest BCUT2D eigenvalue weighted by Crippen LogP contribution is 2.24. The molecule has 0 saturated carbocycles. The average molecular weight is 231 g/mol. The highest BCUT2D eigenvalue weighted by atomic mass is 15.4. The van der Waals surface area contributed by atoms with E-state index in [9.17, 15) is 0 Å². The molecule has 5 heteroatoms. The van der Waals surface area contributed by atoms with E-state index in [1.54, 1.807) is 0 Å². The molecule has 0 fully saturated rings. The fourth-order valence-corrected chi connectivity index (χ4v) is 2.47. The van der Waals surface area contributed by atoms with Crippen LogP contribution in [0.25, 0.3) is 5.65 Å². The molecule has 0 aliphatic heterocycles. The van der Waals surface area contributed by atoms with Crippen LogP contribution in [0, 0.1) is 5.92 Å². The summed E-state index contributed by atoms with van der Waals surface area (Å²) in [4.78, 5) is 0. The minimum Gasteiger partial charge on any atom is -0.313 e. The van der Waals surface area contributed by atoms with Crippen molar-refractivity contribution >= 4 is 5.65 Å². The smallest absolute Gasteiger partial charge is 0.178 e. The normalized spacial score (nSPS) is 19.5. The minimum absolute atomic E-state index is 0.698. The molecule has 0 spiro atoms. The molecular weight excluding hydrogens is 214 g/mol. The number of aromatic nitrogens is 4. The van der Waals surface area contributed by atoms with Crippen molar-refractivity contribution in [3.8, 4) is 0 Å². The van der Waals surface area contributed by atoms with Gasteiger partial charge in [0, 0.05) is 0 Å². The van der Waals surface area contributed by atoms with E-state index in [0.29, 0.717) is 6.54 Å².